The van der Waals surface area contributed by atoms with Crippen molar-refractivity contribution in [3.8, 4) is 5.88 Å². The van der Waals surface area contributed by atoms with Crippen LogP contribution in [0.5, 0.6) is 5.88 Å². The summed E-state index contributed by atoms with van der Waals surface area (Å²) in [5.41, 5.74) is 1.14. The van der Waals surface area contributed by atoms with Gasteiger partial charge in [0.05, 0.1) is 6.61 Å². The second kappa shape index (κ2) is 8.89. The lowest BCUT2D eigenvalue weighted by Gasteiger charge is -2.12. The van der Waals surface area contributed by atoms with Crippen molar-refractivity contribution in [1.29, 1.82) is 0 Å². The van der Waals surface area contributed by atoms with E-state index in [1.54, 1.807) is 6.20 Å². The minimum Gasteiger partial charge on any atom is -0.477 e. The molecule has 4 nitrogen and oxygen atoms in total. The van der Waals surface area contributed by atoms with E-state index in [1.807, 2.05) is 6.07 Å². The van der Waals surface area contributed by atoms with Gasteiger partial charge in [0.15, 0.2) is 0 Å². The second-order valence-electron chi connectivity index (χ2n) is 4.65. The molecule has 4 heteroatoms. The predicted octanol–water partition coefficient (Wildman–Crippen LogP) is 1.91. The number of rotatable bonds is 9. The molecule has 0 saturated heterocycles. The van der Waals surface area contributed by atoms with Crippen LogP contribution in [-0.2, 0) is 6.54 Å². The van der Waals surface area contributed by atoms with Crippen molar-refractivity contribution in [3.63, 3.8) is 0 Å². The van der Waals surface area contributed by atoms with Crippen LogP contribution >= 0.6 is 0 Å². The molecule has 1 aromatic heterocycles. The fraction of sp³-hybridized carbons (Fsp3) is 0.643. The first-order valence-corrected chi connectivity index (χ1v) is 6.66. The molecule has 1 rings (SSSR count). The lowest BCUT2D eigenvalue weighted by molar-refractivity contribution is 0.270. The average molecular weight is 251 g/mol. The predicted molar refractivity (Wildman–Crippen MR) is 74.9 cm³/mol. The third-order valence-corrected chi connectivity index (χ3v) is 2.58. The first-order valence-electron chi connectivity index (χ1n) is 6.66. The number of nitrogens with one attached hydrogen (secondary N) is 1. The van der Waals surface area contributed by atoms with Crippen molar-refractivity contribution >= 4 is 0 Å². The zero-order chi connectivity index (χ0) is 13.2. The van der Waals surface area contributed by atoms with E-state index < -0.39 is 0 Å². The third kappa shape index (κ3) is 5.98. The third-order valence-electron chi connectivity index (χ3n) is 2.58. The first-order chi connectivity index (χ1) is 8.74. The van der Waals surface area contributed by atoms with Crippen molar-refractivity contribution in [2.24, 2.45) is 0 Å². The van der Waals surface area contributed by atoms with Crippen LogP contribution in [0.25, 0.3) is 0 Å². The largest absolute Gasteiger partial charge is 0.477 e. The maximum Gasteiger partial charge on any atom is 0.217 e. The Morgan fingerprint density at radius 2 is 2.22 bits per heavy atom. The monoisotopic (exact) mass is 251 g/mol. The fourth-order valence-electron chi connectivity index (χ4n) is 1.64. The van der Waals surface area contributed by atoms with Crippen molar-refractivity contribution in [1.82, 2.24) is 15.2 Å². The summed E-state index contributed by atoms with van der Waals surface area (Å²) < 4.78 is 5.74. The molecule has 0 aromatic carbocycles. The van der Waals surface area contributed by atoms with E-state index in [2.05, 4.69) is 42.3 Å². The molecule has 1 aromatic rings. The molecule has 0 aliphatic heterocycles. The van der Waals surface area contributed by atoms with Gasteiger partial charge < -0.3 is 15.0 Å². The Hall–Kier alpha value is -1.13. The minimum atomic E-state index is 0.718. The molecular weight excluding hydrogens is 226 g/mol. The maximum absolute atomic E-state index is 5.74. The molecule has 18 heavy (non-hydrogen) atoms. The van der Waals surface area contributed by atoms with Crippen LogP contribution in [-0.4, -0.2) is 43.7 Å². The van der Waals surface area contributed by atoms with Gasteiger partial charge in [-0.15, -0.1) is 0 Å². The summed E-state index contributed by atoms with van der Waals surface area (Å²) in [6.45, 7) is 5.76. The Balaban J connectivity index is 2.38. The molecule has 102 valence electrons. The van der Waals surface area contributed by atoms with Gasteiger partial charge in [-0.3, -0.25) is 0 Å². The van der Waals surface area contributed by atoms with Crippen molar-refractivity contribution in [2.45, 2.75) is 26.3 Å². The lowest BCUT2D eigenvalue weighted by atomic mass is 10.2. The van der Waals surface area contributed by atoms with Gasteiger partial charge in [0, 0.05) is 24.8 Å². The van der Waals surface area contributed by atoms with E-state index in [4.69, 9.17) is 4.74 Å². The van der Waals surface area contributed by atoms with Gasteiger partial charge in [0.2, 0.25) is 5.88 Å². The van der Waals surface area contributed by atoms with E-state index in [9.17, 15) is 0 Å². The number of aromatic nitrogens is 1. The van der Waals surface area contributed by atoms with Crippen LogP contribution < -0.4 is 10.1 Å². The van der Waals surface area contributed by atoms with Crippen LogP contribution in [0, 0.1) is 0 Å². The number of pyridine rings is 1. The Kier molecular flexibility index (Phi) is 7.37. The average Bonchev–Trinajstić information content (AvgIpc) is 2.36. The lowest BCUT2D eigenvalue weighted by Crippen LogP contribution is -2.17. The highest BCUT2D eigenvalue weighted by Gasteiger charge is 2.03. The Bertz CT molecular complexity index is 329. The smallest absolute Gasteiger partial charge is 0.217 e. The van der Waals surface area contributed by atoms with Crippen LogP contribution in [0.4, 0.5) is 0 Å². The van der Waals surface area contributed by atoms with E-state index in [0.717, 1.165) is 50.5 Å². The first kappa shape index (κ1) is 14.9. The van der Waals surface area contributed by atoms with Crippen molar-refractivity contribution in [2.75, 3.05) is 33.8 Å². The normalized spacial score (nSPS) is 10.9. The summed E-state index contributed by atoms with van der Waals surface area (Å²) in [5, 5.41) is 3.37. The minimum absolute atomic E-state index is 0.718. The zero-order valence-electron chi connectivity index (χ0n) is 11.8. The SMILES string of the molecule is CCCNCc1cccnc1OCCCN(C)C. The maximum atomic E-state index is 5.74. The number of hydrogen-bond donors (Lipinski definition) is 1. The Morgan fingerprint density at radius 3 is 2.94 bits per heavy atom. The molecular formula is C14H25N3O. The van der Waals surface area contributed by atoms with Crippen LogP contribution in [0.1, 0.15) is 25.3 Å². The fourth-order valence-corrected chi connectivity index (χ4v) is 1.64. The Morgan fingerprint density at radius 1 is 1.39 bits per heavy atom. The molecule has 0 bridgehead atoms. The molecule has 0 unspecified atom stereocenters. The molecule has 1 N–H and O–H groups in total. The number of nitrogens with zero attached hydrogens (tertiary/aromatic N) is 2. The van der Waals surface area contributed by atoms with Gasteiger partial charge in [0.25, 0.3) is 0 Å². The summed E-state index contributed by atoms with van der Waals surface area (Å²) >= 11 is 0. The van der Waals surface area contributed by atoms with Gasteiger partial charge >= 0.3 is 0 Å². The van der Waals surface area contributed by atoms with E-state index in [0.29, 0.717) is 0 Å². The van der Waals surface area contributed by atoms with Gasteiger partial charge in [-0.05, 0) is 39.5 Å². The molecule has 0 radical (unpaired) electrons. The molecule has 0 aliphatic rings. The van der Waals surface area contributed by atoms with Gasteiger partial charge in [-0.2, -0.15) is 0 Å². The quantitative estimate of drug-likeness (QED) is 0.680. The topological polar surface area (TPSA) is 37.4 Å². The molecule has 0 fully saturated rings. The van der Waals surface area contributed by atoms with Crippen molar-refractivity contribution in [3.05, 3.63) is 23.9 Å². The van der Waals surface area contributed by atoms with Crippen molar-refractivity contribution < 1.29 is 4.74 Å². The van der Waals surface area contributed by atoms with Crippen LogP contribution in [0.15, 0.2) is 18.3 Å². The van der Waals surface area contributed by atoms with Gasteiger partial charge in [0.1, 0.15) is 0 Å². The highest BCUT2D eigenvalue weighted by molar-refractivity contribution is 5.25. The van der Waals surface area contributed by atoms with Gasteiger partial charge in [-0.25, -0.2) is 4.98 Å². The summed E-state index contributed by atoms with van der Waals surface area (Å²) in [6, 6.07) is 4.02. The summed E-state index contributed by atoms with van der Waals surface area (Å²) in [6.07, 6.45) is 3.94. The molecule has 0 aliphatic carbocycles. The highest BCUT2D eigenvalue weighted by atomic mass is 16.5. The van der Waals surface area contributed by atoms with E-state index in [1.165, 1.54) is 0 Å². The molecule has 0 amide bonds. The Labute approximate surface area is 110 Å². The highest BCUT2D eigenvalue weighted by Crippen LogP contribution is 2.14. The molecule has 1 heterocycles. The van der Waals surface area contributed by atoms with E-state index >= 15 is 0 Å². The van der Waals surface area contributed by atoms with Crippen LogP contribution in [0.3, 0.4) is 0 Å². The zero-order valence-corrected chi connectivity index (χ0v) is 11.8. The molecule has 0 atom stereocenters. The number of ether oxygens (including phenoxy) is 1. The standard InChI is InChI=1S/C14H25N3O/c1-4-8-15-12-13-7-5-9-16-14(13)18-11-6-10-17(2)3/h5,7,9,15H,4,6,8,10-12H2,1-3H3. The second-order valence-corrected chi connectivity index (χ2v) is 4.65. The summed E-state index contributed by atoms with van der Waals surface area (Å²) in [7, 11) is 4.14. The van der Waals surface area contributed by atoms with E-state index in [-0.39, 0.29) is 0 Å². The summed E-state index contributed by atoms with van der Waals surface area (Å²) in [5.74, 6) is 0.764. The molecule has 0 saturated carbocycles. The van der Waals surface area contributed by atoms with Crippen LogP contribution in [0.2, 0.25) is 0 Å². The summed E-state index contributed by atoms with van der Waals surface area (Å²) in [4.78, 5) is 6.46. The number of hydrogen-bond acceptors (Lipinski definition) is 4. The van der Waals surface area contributed by atoms with Gasteiger partial charge in [-0.1, -0.05) is 13.0 Å². The molecule has 0 spiro atoms.